The zero-order valence-electron chi connectivity index (χ0n) is 7.60. The maximum atomic E-state index is 5.69. The van der Waals surface area contributed by atoms with Gasteiger partial charge in [0, 0.05) is 12.1 Å². The zero-order valence-corrected chi connectivity index (χ0v) is 7.60. The van der Waals surface area contributed by atoms with Crippen molar-refractivity contribution in [1.82, 2.24) is 19.6 Å². The minimum Gasteiger partial charge on any atom is -0.383 e. The van der Waals surface area contributed by atoms with Gasteiger partial charge < -0.3 is 5.73 Å². The Hall–Kier alpha value is -1.65. The highest BCUT2D eigenvalue weighted by molar-refractivity contribution is 5.38. The first-order chi connectivity index (χ1) is 6.18. The molecule has 0 radical (unpaired) electrons. The van der Waals surface area contributed by atoms with Gasteiger partial charge in [0.15, 0.2) is 5.82 Å². The van der Waals surface area contributed by atoms with Gasteiger partial charge in [0.05, 0.1) is 0 Å². The van der Waals surface area contributed by atoms with Gasteiger partial charge in [-0.05, 0) is 6.07 Å². The molecule has 2 aromatic rings. The Bertz CT molecular complexity index is 431. The molecule has 0 aliphatic carbocycles. The number of aromatic nitrogens is 4. The molecule has 0 amide bonds. The topological polar surface area (TPSA) is 69.1 Å². The number of fused-ring (bicyclic) bond motifs is 1. The molecule has 0 spiro atoms. The summed E-state index contributed by atoms with van der Waals surface area (Å²) < 4.78 is 1.55. The Morgan fingerprint density at radius 2 is 2.23 bits per heavy atom. The molecule has 0 aromatic carbocycles. The standard InChI is InChI=1S/C8H11N5/c1-5(2)7-11-8-10-4-3-6(9)13(8)12-7/h3-5H,9H2,1-2H3. The van der Waals surface area contributed by atoms with Crippen molar-refractivity contribution in [2.45, 2.75) is 19.8 Å². The first-order valence-corrected chi connectivity index (χ1v) is 4.15. The van der Waals surface area contributed by atoms with Crippen LogP contribution in [-0.4, -0.2) is 19.6 Å². The number of nitrogens with two attached hydrogens (primary N) is 1. The molecule has 2 rings (SSSR count). The first kappa shape index (κ1) is 7.97. The third-order valence-corrected chi connectivity index (χ3v) is 1.80. The van der Waals surface area contributed by atoms with Crippen molar-refractivity contribution >= 4 is 11.6 Å². The maximum absolute atomic E-state index is 5.69. The van der Waals surface area contributed by atoms with Crippen LogP contribution in [0, 0.1) is 0 Å². The van der Waals surface area contributed by atoms with E-state index in [1.54, 1.807) is 16.8 Å². The Morgan fingerprint density at radius 1 is 1.46 bits per heavy atom. The summed E-state index contributed by atoms with van der Waals surface area (Å²) in [6, 6.07) is 1.70. The highest BCUT2D eigenvalue weighted by atomic mass is 15.3. The van der Waals surface area contributed by atoms with Crippen molar-refractivity contribution in [1.29, 1.82) is 0 Å². The summed E-state index contributed by atoms with van der Waals surface area (Å²) in [5.41, 5.74) is 5.69. The van der Waals surface area contributed by atoms with Crippen LogP contribution in [0.5, 0.6) is 0 Å². The molecule has 0 fully saturated rings. The molecule has 0 saturated heterocycles. The Labute approximate surface area is 75.6 Å². The highest BCUT2D eigenvalue weighted by Gasteiger charge is 2.08. The van der Waals surface area contributed by atoms with E-state index in [1.165, 1.54) is 0 Å². The summed E-state index contributed by atoms with van der Waals surface area (Å²) in [6.45, 7) is 4.07. The number of hydrogen-bond donors (Lipinski definition) is 1. The van der Waals surface area contributed by atoms with Crippen LogP contribution >= 0.6 is 0 Å². The average Bonchev–Trinajstić information content (AvgIpc) is 2.49. The van der Waals surface area contributed by atoms with Crippen LogP contribution in [0.2, 0.25) is 0 Å². The third-order valence-electron chi connectivity index (χ3n) is 1.80. The van der Waals surface area contributed by atoms with E-state index in [4.69, 9.17) is 5.73 Å². The van der Waals surface area contributed by atoms with Gasteiger partial charge in [-0.15, -0.1) is 5.10 Å². The largest absolute Gasteiger partial charge is 0.383 e. The third kappa shape index (κ3) is 1.22. The van der Waals surface area contributed by atoms with Crippen LogP contribution in [0.15, 0.2) is 12.3 Å². The van der Waals surface area contributed by atoms with Gasteiger partial charge >= 0.3 is 0 Å². The van der Waals surface area contributed by atoms with Gasteiger partial charge in [0.25, 0.3) is 5.78 Å². The van der Waals surface area contributed by atoms with Crippen molar-refractivity contribution in [3.63, 3.8) is 0 Å². The van der Waals surface area contributed by atoms with E-state index in [9.17, 15) is 0 Å². The van der Waals surface area contributed by atoms with Crippen molar-refractivity contribution in [3.05, 3.63) is 18.1 Å². The molecule has 2 aromatic heterocycles. The second kappa shape index (κ2) is 2.69. The molecule has 0 bridgehead atoms. The van der Waals surface area contributed by atoms with Crippen LogP contribution in [-0.2, 0) is 0 Å². The number of nitrogen functional groups attached to an aromatic ring is 1. The highest BCUT2D eigenvalue weighted by Crippen LogP contribution is 2.11. The SMILES string of the molecule is CC(C)c1nc2nccc(N)n2n1. The Balaban J connectivity index is 2.68. The number of hydrogen-bond acceptors (Lipinski definition) is 4. The van der Waals surface area contributed by atoms with Gasteiger partial charge in [-0.1, -0.05) is 13.8 Å². The predicted octanol–water partition coefficient (Wildman–Crippen LogP) is 0.830. The van der Waals surface area contributed by atoms with Gasteiger partial charge in [-0.3, -0.25) is 0 Å². The normalized spacial score (nSPS) is 11.3. The molecule has 0 atom stereocenters. The number of anilines is 1. The minimum atomic E-state index is 0.293. The van der Waals surface area contributed by atoms with E-state index in [0.717, 1.165) is 5.82 Å². The van der Waals surface area contributed by atoms with E-state index in [0.29, 0.717) is 17.5 Å². The molecule has 0 unspecified atom stereocenters. The van der Waals surface area contributed by atoms with E-state index in [2.05, 4.69) is 15.1 Å². The van der Waals surface area contributed by atoms with Crippen LogP contribution in [0.1, 0.15) is 25.6 Å². The molecule has 2 N–H and O–H groups in total. The fourth-order valence-electron chi connectivity index (χ4n) is 1.07. The van der Waals surface area contributed by atoms with Crippen LogP contribution in [0.25, 0.3) is 5.78 Å². The summed E-state index contributed by atoms with van der Waals surface area (Å²) >= 11 is 0. The lowest BCUT2D eigenvalue weighted by Gasteiger charge is -1.94. The fraction of sp³-hybridized carbons (Fsp3) is 0.375. The summed E-state index contributed by atoms with van der Waals surface area (Å²) in [5, 5.41) is 4.23. The number of nitrogens with zero attached hydrogens (tertiary/aromatic N) is 4. The summed E-state index contributed by atoms with van der Waals surface area (Å²) in [6.07, 6.45) is 1.63. The van der Waals surface area contributed by atoms with Gasteiger partial charge in [-0.2, -0.15) is 9.50 Å². The van der Waals surface area contributed by atoms with Crippen LogP contribution in [0.3, 0.4) is 0 Å². The van der Waals surface area contributed by atoms with Crippen molar-refractivity contribution in [3.8, 4) is 0 Å². The molecule has 5 nitrogen and oxygen atoms in total. The molecule has 5 heteroatoms. The Morgan fingerprint density at radius 3 is 2.85 bits per heavy atom. The Kier molecular flexibility index (Phi) is 1.65. The predicted molar refractivity (Wildman–Crippen MR) is 49.3 cm³/mol. The molecule has 2 heterocycles. The van der Waals surface area contributed by atoms with Crippen molar-refractivity contribution in [2.24, 2.45) is 0 Å². The molecule has 0 aliphatic heterocycles. The summed E-state index contributed by atoms with van der Waals surface area (Å²) in [4.78, 5) is 8.29. The van der Waals surface area contributed by atoms with E-state index in [-0.39, 0.29) is 0 Å². The quantitative estimate of drug-likeness (QED) is 0.700. The van der Waals surface area contributed by atoms with E-state index in [1.807, 2.05) is 13.8 Å². The van der Waals surface area contributed by atoms with E-state index >= 15 is 0 Å². The lowest BCUT2D eigenvalue weighted by atomic mass is 10.2. The molecule has 0 aliphatic rings. The monoisotopic (exact) mass is 177 g/mol. The van der Waals surface area contributed by atoms with Crippen molar-refractivity contribution < 1.29 is 0 Å². The van der Waals surface area contributed by atoms with Crippen LogP contribution in [0.4, 0.5) is 5.82 Å². The summed E-state index contributed by atoms with van der Waals surface area (Å²) in [7, 11) is 0. The van der Waals surface area contributed by atoms with Gasteiger partial charge in [0.1, 0.15) is 5.82 Å². The van der Waals surface area contributed by atoms with E-state index < -0.39 is 0 Å². The zero-order chi connectivity index (χ0) is 9.42. The first-order valence-electron chi connectivity index (χ1n) is 4.15. The molecular weight excluding hydrogens is 166 g/mol. The average molecular weight is 177 g/mol. The van der Waals surface area contributed by atoms with Crippen molar-refractivity contribution in [2.75, 3.05) is 5.73 Å². The maximum Gasteiger partial charge on any atom is 0.254 e. The van der Waals surface area contributed by atoms with Crippen LogP contribution < -0.4 is 5.73 Å². The van der Waals surface area contributed by atoms with Gasteiger partial charge in [-0.25, -0.2) is 4.98 Å². The molecule has 68 valence electrons. The second-order valence-corrected chi connectivity index (χ2v) is 3.21. The summed E-state index contributed by atoms with van der Waals surface area (Å²) in [5.74, 6) is 2.18. The van der Waals surface area contributed by atoms with Gasteiger partial charge in [0.2, 0.25) is 0 Å². The fourth-order valence-corrected chi connectivity index (χ4v) is 1.07. The smallest absolute Gasteiger partial charge is 0.254 e. The lowest BCUT2D eigenvalue weighted by Crippen LogP contribution is -1.99. The molecular formula is C8H11N5. The lowest BCUT2D eigenvalue weighted by molar-refractivity contribution is 0.767. The minimum absolute atomic E-state index is 0.293. The second-order valence-electron chi connectivity index (χ2n) is 3.21. The molecule has 13 heavy (non-hydrogen) atoms. The number of rotatable bonds is 1. The molecule has 0 saturated carbocycles.